The number of para-hydroxylation sites is 1. The number of benzene rings is 2. The minimum Gasteiger partial charge on any atom is -0.457 e. The number of aryl methyl sites for hydroxylation is 2. The molecule has 9 nitrogen and oxygen atoms in total. The number of carbonyl (C=O) groups is 1. The van der Waals surface area contributed by atoms with Gasteiger partial charge >= 0.3 is 0 Å². The smallest absolute Gasteiger partial charge is 0.259 e. The quantitative estimate of drug-likeness (QED) is 0.337. The Morgan fingerprint density at radius 1 is 1.05 bits per heavy atom. The van der Waals surface area contributed by atoms with Gasteiger partial charge in [0.25, 0.3) is 5.91 Å². The Hall–Kier alpha value is -4.66. The Balaban J connectivity index is 1.32. The van der Waals surface area contributed by atoms with E-state index in [1.165, 1.54) is 0 Å². The Morgan fingerprint density at radius 2 is 1.82 bits per heavy atom. The molecule has 0 unspecified atom stereocenters. The number of hydrogen-bond donors (Lipinski definition) is 1. The van der Waals surface area contributed by atoms with Crippen LogP contribution >= 0.6 is 0 Å². The van der Waals surface area contributed by atoms with Gasteiger partial charge in [0.05, 0.1) is 17.1 Å². The SMILES string of the molecule is Cc1noc(C)c1C(=O)N1CCC[C@@H](c2nn(-c3ccc(Oc4ccccc4)cc3)c3c(N)nccc23)C1. The van der Waals surface area contributed by atoms with Crippen LogP contribution in [0.5, 0.6) is 11.5 Å². The van der Waals surface area contributed by atoms with Gasteiger partial charge in [-0.15, -0.1) is 0 Å². The van der Waals surface area contributed by atoms with Crippen molar-refractivity contribution in [1.82, 2.24) is 24.8 Å². The molecule has 9 heteroatoms. The molecule has 38 heavy (non-hydrogen) atoms. The van der Waals surface area contributed by atoms with Gasteiger partial charge in [0.1, 0.15) is 34.2 Å². The summed E-state index contributed by atoms with van der Waals surface area (Å²) in [5.74, 6) is 2.45. The highest BCUT2D eigenvalue weighted by molar-refractivity contribution is 5.96. The molecule has 1 aliphatic heterocycles. The first-order valence-corrected chi connectivity index (χ1v) is 12.7. The molecule has 1 fully saturated rings. The number of carbonyl (C=O) groups excluding carboxylic acids is 1. The fraction of sp³-hybridized carbons (Fsp3) is 0.241. The number of nitrogen functional groups attached to an aromatic ring is 1. The third-order valence-electron chi connectivity index (χ3n) is 7.05. The molecule has 1 saturated heterocycles. The maximum Gasteiger partial charge on any atom is 0.259 e. The fourth-order valence-corrected chi connectivity index (χ4v) is 5.21. The number of anilines is 1. The van der Waals surface area contributed by atoms with E-state index in [4.69, 9.17) is 20.1 Å². The van der Waals surface area contributed by atoms with Crippen molar-refractivity contribution in [3.63, 3.8) is 0 Å². The van der Waals surface area contributed by atoms with E-state index in [0.717, 1.165) is 46.6 Å². The molecule has 1 amide bonds. The molecule has 0 aliphatic carbocycles. The van der Waals surface area contributed by atoms with Crippen LogP contribution in [0, 0.1) is 13.8 Å². The largest absolute Gasteiger partial charge is 0.457 e. The molecule has 0 spiro atoms. The lowest BCUT2D eigenvalue weighted by molar-refractivity contribution is 0.0703. The van der Waals surface area contributed by atoms with E-state index in [1.54, 1.807) is 20.0 Å². The zero-order chi connectivity index (χ0) is 26.2. The molecular formula is C29H28N6O3. The predicted molar refractivity (Wildman–Crippen MR) is 144 cm³/mol. The molecule has 2 aromatic carbocycles. The van der Waals surface area contributed by atoms with Crippen LogP contribution in [0.1, 0.15) is 46.3 Å². The maximum absolute atomic E-state index is 13.3. The highest BCUT2D eigenvalue weighted by Crippen LogP contribution is 2.35. The second kappa shape index (κ2) is 9.66. The van der Waals surface area contributed by atoms with Gasteiger partial charge in [-0.05, 0) is 69.2 Å². The van der Waals surface area contributed by atoms with Crippen molar-refractivity contribution in [2.75, 3.05) is 18.8 Å². The average Bonchev–Trinajstić information content (AvgIpc) is 3.50. The zero-order valence-corrected chi connectivity index (χ0v) is 21.3. The van der Waals surface area contributed by atoms with Crippen molar-refractivity contribution in [2.24, 2.45) is 0 Å². The van der Waals surface area contributed by atoms with E-state index in [1.807, 2.05) is 70.2 Å². The minimum atomic E-state index is -0.0510. The van der Waals surface area contributed by atoms with Crippen molar-refractivity contribution in [3.05, 3.63) is 89.6 Å². The first kappa shape index (κ1) is 23.7. The third-order valence-corrected chi connectivity index (χ3v) is 7.05. The highest BCUT2D eigenvalue weighted by Gasteiger charge is 2.31. The van der Waals surface area contributed by atoms with Gasteiger partial charge in [-0.1, -0.05) is 23.4 Å². The summed E-state index contributed by atoms with van der Waals surface area (Å²) in [6.07, 6.45) is 3.50. The Kier molecular flexibility index (Phi) is 6.03. The van der Waals surface area contributed by atoms with Crippen LogP contribution in [0.3, 0.4) is 0 Å². The number of piperidine rings is 1. The van der Waals surface area contributed by atoms with E-state index < -0.39 is 0 Å². The number of pyridine rings is 1. The van der Waals surface area contributed by atoms with Crippen molar-refractivity contribution in [3.8, 4) is 17.2 Å². The van der Waals surface area contributed by atoms with E-state index in [2.05, 4.69) is 10.1 Å². The molecule has 2 N–H and O–H groups in total. The second-order valence-corrected chi connectivity index (χ2v) is 9.59. The minimum absolute atomic E-state index is 0.0510. The molecule has 192 valence electrons. The van der Waals surface area contributed by atoms with Crippen LogP contribution in [0.4, 0.5) is 5.82 Å². The van der Waals surface area contributed by atoms with Crippen molar-refractivity contribution in [2.45, 2.75) is 32.6 Å². The number of nitrogens with two attached hydrogens (primary N) is 1. The van der Waals surface area contributed by atoms with E-state index in [0.29, 0.717) is 35.9 Å². The number of amides is 1. The van der Waals surface area contributed by atoms with E-state index >= 15 is 0 Å². The molecular weight excluding hydrogens is 480 g/mol. The summed E-state index contributed by atoms with van der Waals surface area (Å²) in [5.41, 5.74) is 10.0. The molecule has 0 saturated carbocycles. The maximum atomic E-state index is 13.3. The molecule has 1 atom stereocenters. The normalized spacial score (nSPS) is 15.6. The third kappa shape index (κ3) is 4.26. The highest BCUT2D eigenvalue weighted by atomic mass is 16.5. The Bertz CT molecular complexity index is 1590. The molecule has 5 aromatic rings. The standard InChI is InChI=1S/C29H28N6O3/c1-18-25(19(2)38-33-18)29(36)34-16-6-7-20(17-34)26-24-14-15-31-28(30)27(24)35(32-26)21-10-12-23(13-11-21)37-22-8-4-3-5-9-22/h3-5,8-15,20H,6-7,16-17H2,1-2H3,(H2,30,31)/t20-/m1/s1. The number of fused-ring (bicyclic) bond motifs is 1. The van der Waals surface area contributed by atoms with Crippen LogP contribution in [0.2, 0.25) is 0 Å². The van der Waals surface area contributed by atoms with Crippen LogP contribution in [-0.4, -0.2) is 43.8 Å². The number of rotatable bonds is 5. The van der Waals surface area contributed by atoms with Gasteiger partial charge in [0.15, 0.2) is 0 Å². The first-order valence-electron chi connectivity index (χ1n) is 12.7. The van der Waals surface area contributed by atoms with Gasteiger partial charge in [-0.25, -0.2) is 9.67 Å². The summed E-state index contributed by atoms with van der Waals surface area (Å²) in [6, 6.07) is 19.3. The van der Waals surface area contributed by atoms with Crippen LogP contribution in [-0.2, 0) is 0 Å². The number of aromatic nitrogens is 4. The Morgan fingerprint density at radius 3 is 2.55 bits per heavy atom. The summed E-state index contributed by atoms with van der Waals surface area (Å²) < 4.78 is 13.0. The lowest BCUT2D eigenvalue weighted by atomic mass is 9.92. The number of ether oxygens (including phenoxy) is 1. The van der Waals surface area contributed by atoms with Gasteiger partial charge in [-0.3, -0.25) is 4.79 Å². The van der Waals surface area contributed by atoms with Gasteiger partial charge in [-0.2, -0.15) is 5.10 Å². The van der Waals surface area contributed by atoms with Crippen LogP contribution < -0.4 is 10.5 Å². The van der Waals surface area contributed by atoms with E-state index in [9.17, 15) is 4.79 Å². The molecule has 6 rings (SSSR count). The topological polar surface area (TPSA) is 112 Å². The monoisotopic (exact) mass is 508 g/mol. The fourth-order valence-electron chi connectivity index (χ4n) is 5.21. The summed E-state index contributed by atoms with van der Waals surface area (Å²) in [5, 5.41) is 9.94. The van der Waals surface area contributed by atoms with Gasteiger partial charge in [0.2, 0.25) is 0 Å². The van der Waals surface area contributed by atoms with Crippen molar-refractivity contribution < 1.29 is 14.1 Å². The summed E-state index contributed by atoms with van der Waals surface area (Å²) in [4.78, 5) is 19.6. The second-order valence-electron chi connectivity index (χ2n) is 9.59. The molecule has 0 bridgehead atoms. The molecule has 0 radical (unpaired) electrons. The van der Waals surface area contributed by atoms with Crippen LogP contribution in [0.15, 0.2) is 71.4 Å². The number of nitrogens with zero attached hydrogens (tertiary/aromatic N) is 5. The zero-order valence-electron chi connectivity index (χ0n) is 21.3. The first-order chi connectivity index (χ1) is 18.5. The van der Waals surface area contributed by atoms with E-state index in [-0.39, 0.29) is 11.8 Å². The van der Waals surface area contributed by atoms with Gasteiger partial charge in [0, 0.05) is 30.6 Å². The predicted octanol–water partition coefficient (Wildman–Crippen LogP) is 5.42. The van der Waals surface area contributed by atoms with Crippen molar-refractivity contribution in [1.29, 1.82) is 0 Å². The van der Waals surface area contributed by atoms with Crippen LogP contribution in [0.25, 0.3) is 16.6 Å². The lowest BCUT2D eigenvalue weighted by Crippen LogP contribution is -2.39. The summed E-state index contributed by atoms with van der Waals surface area (Å²) >= 11 is 0. The summed E-state index contributed by atoms with van der Waals surface area (Å²) in [6.45, 7) is 4.81. The number of hydrogen-bond acceptors (Lipinski definition) is 7. The molecule has 1 aliphatic rings. The Labute approximate surface area is 219 Å². The average molecular weight is 509 g/mol. The van der Waals surface area contributed by atoms with Gasteiger partial charge < -0.3 is 19.9 Å². The van der Waals surface area contributed by atoms with Crippen molar-refractivity contribution >= 4 is 22.6 Å². The number of likely N-dealkylation sites (tertiary alicyclic amines) is 1. The summed E-state index contributed by atoms with van der Waals surface area (Å²) in [7, 11) is 0. The lowest BCUT2D eigenvalue weighted by Gasteiger charge is -2.32. The molecule has 3 aromatic heterocycles. The molecule has 4 heterocycles.